The first kappa shape index (κ1) is 23.1. The van der Waals surface area contributed by atoms with E-state index in [2.05, 4.69) is 72.7 Å². The van der Waals surface area contributed by atoms with E-state index in [4.69, 9.17) is 22.3 Å². The van der Waals surface area contributed by atoms with Crippen molar-refractivity contribution in [1.29, 1.82) is 0 Å². The Kier molecular flexibility index (Phi) is 7.46. The molecular formula is C28H31ClN4. The van der Waals surface area contributed by atoms with Gasteiger partial charge in [0.25, 0.3) is 0 Å². The minimum Gasteiger partial charge on any atom is -0.396 e. The van der Waals surface area contributed by atoms with Crippen LogP contribution in [-0.2, 0) is 19.4 Å². The van der Waals surface area contributed by atoms with Crippen LogP contribution in [0.3, 0.4) is 0 Å². The van der Waals surface area contributed by atoms with Crippen molar-refractivity contribution in [3.63, 3.8) is 0 Å². The van der Waals surface area contributed by atoms with Gasteiger partial charge in [-0.1, -0.05) is 61.9 Å². The Bertz CT molecular complexity index is 1280. The van der Waals surface area contributed by atoms with Crippen molar-refractivity contribution in [2.45, 2.75) is 46.1 Å². The lowest BCUT2D eigenvalue weighted by atomic mass is 9.96. The number of anilines is 2. The largest absolute Gasteiger partial charge is 0.396 e. The number of pyridine rings is 2. The van der Waals surface area contributed by atoms with E-state index in [0.29, 0.717) is 18.2 Å². The number of hydrogen-bond donors (Lipinski definition) is 2. The molecule has 3 N–H and O–H groups in total. The lowest BCUT2D eigenvalue weighted by molar-refractivity contribution is 0.585. The highest BCUT2D eigenvalue weighted by molar-refractivity contribution is 6.30. The van der Waals surface area contributed by atoms with Gasteiger partial charge in [0, 0.05) is 22.4 Å². The standard InChI is InChI=1S/C28H31ClN4/c1-19(2)11-12-20-13-14-22(29)15-21(20)16-23-7-6-8-24(33-23)17-32-28-25-9-4-3-5-10-27(25)31-18-26(28)30/h3-4,6-10,13-15,18-19,32H,5,11-12,16-17,30H2,1-2H3. The fourth-order valence-electron chi connectivity index (χ4n) is 4.06. The monoisotopic (exact) mass is 458 g/mol. The van der Waals surface area contributed by atoms with Gasteiger partial charge in [0.05, 0.1) is 35.2 Å². The maximum atomic E-state index is 6.32. The zero-order valence-corrected chi connectivity index (χ0v) is 20.1. The van der Waals surface area contributed by atoms with Crippen molar-refractivity contribution in [3.8, 4) is 0 Å². The van der Waals surface area contributed by atoms with Crippen LogP contribution in [0.25, 0.3) is 12.2 Å². The molecule has 33 heavy (non-hydrogen) atoms. The van der Waals surface area contributed by atoms with Gasteiger partial charge in [-0.15, -0.1) is 0 Å². The minimum absolute atomic E-state index is 0.585. The van der Waals surface area contributed by atoms with Crippen molar-refractivity contribution in [1.82, 2.24) is 9.97 Å². The van der Waals surface area contributed by atoms with Gasteiger partial charge in [0.15, 0.2) is 0 Å². The molecule has 2 aromatic heterocycles. The molecule has 0 bridgehead atoms. The molecule has 1 aromatic carbocycles. The van der Waals surface area contributed by atoms with Gasteiger partial charge < -0.3 is 11.1 Å². The van der Waals surface area contributed by atoms with Crippen LogP contribution in [0.5, 0.6) is 0 Å². The second-order valence-corrected chi connectivity index (χ2v) is 9.35. The van der Waals surface area contributed by atoms with Gasteiger partial charge in [-0.05, 0) is 60.6 Å². The molecule has 4 nitrogen and oxygen atoms in total. The van der Waals surface area contributed by atoms with Crippen LogP contribution >= 0.6 is 11.6 Å². The number of aromatic nitrogens is 2. The fraction of sp³-hybridized carbons (Fsp3) is 0.286. The summed E-state index contributed by atoms with van der Waals surface area (Å²) in [6.07, 6.45) is 13.9. The van der Waals surface area contributed by atoms with Crippen LogP contribution in [-0.4, -0.2) is 9.97 Å². The van der Waals surface area contributed by atoms with Gasteiger partial charge in [-0.2, -0.15) is 0 Å². The second kappa shape index (κ2) is 10.7. The smallest absolute Gasteiger partial charge is 0.0743 e. The van der Waals surface area contributed by atoms with Crippen LogP contribution in [0.1, 0.15) is 49.2 Å². The molecule has 0 aliphatic heterocycles. The molecule has 0 radical (unpaired) electrons. The van der Waals surface area contributed by atoms with E-state index >= 15 is 0 Å². The maximum absolute atomic E-state index is 6.32. The Morgan fingerprint density at radius 1 is 1.12 bits per heavy atom. The van der Waals surface area contributed by atoms with Gasteiger partial charge in [0.2, 0.25) is 0 Å². The number of nitrogens with one attached hydrogen (secondary N) is 1. The van der Waals surface area contributed by atoms with Crippen molar-refractivity contribution in [2.24, 2.45) is 5.92 Å². The summed E-state index contributed by atoms with van der Waals surface area (Å²) in [6.45, 7) is 5.10. The number of halogens is 1. The Morgan fingerprint density at radius 3 is 2.82 bits per heavy atom. The predicted octanol–water partition coefficient (Wildman–Crippen LogP) is 5.02. The fourth-order valence-corrected chi connectivity index (χ4v) is 4.25. The predicted molar refractivity (Wildman–Crippen MR) is 140 cm³/mol. The highest BCUT2D eigenvalue weighted by atomic mass is 35.5. The molecule has 5 heteroatoms. The first-order valence-electron chi connectivity index (χ1n) is 11.6. The van der Waals surface area contributed by atoms with Gasteiger partial charge in [-0.3, -0.25) is 9.97 Å². The molecule has 3 aromatic rings. The lowest BCUT2D eigenvalue weighted by Gasteiger charge is -2.13. The zero-order valence-electron chi connectivity index (χ0n) is 19.3. The molecule has 0 atom stereocenters. The van der Waals surface area contributed by atoms with E-state index in [-0.39, 0.29) is 0 Å². The third kappa shape index (κ3) is 6.02. The normalized spacial score (nSPS) is 12.6. The van der Waals surface area contributed by atoms with E-state index < -0.39 is 0 Å². The van der Waals surface area contributed by atoms with Gasteiger partial charge >= 0.3 is 0 Å². The average molecular weight is 459 g/mol. The third-order valence-corrected chi connectivity index (χ3v) is 6.10. The number of aryl methyl sites for hydroxylation is 1. The Labute approximate surface area is 200 Å². The Balaban J connectivity index is 1.53. The highest BCUT2D eigenvalue weighted by Crippen LogP contribution is 2.22. The van der Waals surface area contributed by atoms with Crippen LogP contribution in [0.2, 0.25) is 5.02 Å². The number of nitrogen functional groups attached to an aromatic ring is 1. The molecule has 4 rings (SSSR count). The number of benzene rings is 1. The maximum Gasteiger partial charge on any atom is 0.0743 e. The van der Waals surface area contributed by atoms with Gasteiger partial charge in [0.1, 0.15) is 0 Å². The first-order chi connectivity index (χ1) is 16.0. The van der Waals surface area contributed by atoms with Crippen LogP contribution < -0.4 is 21.6 Å². The summed E-state index contributed by atoms with van der Waals surface area (Å²) in [4.78, 5) is 9.39. The summed E-state index contributed by atoms with van der Waals surface area (Å²) in [5.41, 5.74) is 12.4. The second-order valence-electron chi connectivity index (χ2n) is 8.92. The number of allylic oxidation sites excluding steroid dienone is 2. The summed E-state index contributed by atoms with van der Waals surface area (Å²) in [7, 11) is 0. The number of nitrogens with zero attached hydrogens (tertiary/aromatic N) is 2. The number of fused-ring (bicyclic) bond motifs is 1. The van der Waals surface area contributed by atoms with Crippen LogP contribution in [0.4, 0.5) is 11.4 Å². The Hall–Kier alpha value is -3.11. The van der Waals surface area contributed by atoms with E-state index in [1.807, 2.05) is 12.1 Å². The van der Waals surface area contributed by atoms with Crippen molar-refractivity contribution in [2.75, 3.05) is 11.1 Å². The van der Waals surface area contributed by atoms with Crippen molar-refractivity contribution in [3.05, 3.63) is 92.9 Å². The number of nitrogens with two attached hydrogens (primary N) is 1. The van der Waals surface area contributed by atoms with E-state index in [9.17, 15) is 0 Å². The molecule has 2 heterocycles. The zero-order chi connectivity index (χ0) is 23.2. The molecule has 0 saturated carbocycles. The van der Waals surface area contributed by atoms with E-state index in [1.165, 1.54) is 11.1 Å². The molecule has 170 valence electrons. The number of rotatable bonds is 8. The molecule has 1 aliphatic rings. The summed E-state index contributed by atoms with van der Waals surface area (Å²) in [5.74, 6) is 0.669. The van der Waals surface area contributed by atoms with E-state index in [0.717, 1.165) is 58.3 Å². The van der Waals surface area contributed by atoms with Gasteiger partial charge in [-0.25, -0.2) is 0 Å². The van der Waals surface area contributed by atoms with Crippen molar-refractivity contribution >= 4 is 35.1 Å². The molecule has 0 fully saturated rings. The molecule has 0 amide bonds. The summed E-state index contributed by atoms with van der Waals surface area (Å²) >= 11 is 6.32. The van der Waals surface area contributed by atoms with Crippen LogP contribution in [0.15, 0.2) is 54.7 Å². The average Bonchev–Trinajstić information content (AvgIpc) is 3.04. The molecule has 1 aliphatic carbocycles. The molecule has 0 spiro atoms. The first-order valence-corrected chi connectivity index (χ1v) is 11.9. The summed E-state index contributed by atoms with van der Waals surface area (Å²) < 4.78 is 0. The topological polar surface area (TPSA) is 63.8 Å². The lowest BCUT2D eigenvalue weighted by Crippen LogP contribution is -2.31. The summed E-state index contributed by atoms with van der Waals surface area (Å²) in [5, 5.41) is 6.24. The highest BCUT2D eigenvalue weighted by Gasteiger charge is 2.09. The number of hydrogen-bond acceptors (Lipinski definition) is 4. The molecule has 0 saturated heterocycles. The quantitative estimate of drug-likeness (QED) is 0.497. The van der Waals surface area contributed by atoms with Crippen LogP contribution in [0, 0.1) is 5.92 Å². The van der Waals surface area contributed by atoms with Crippen molar-refractivity contribution < 1.29 is 0 Å². The Morgan fingerprint density at radius 2 is 1.97 bits per heavy atom. The molecular weight excluding hydrogens is 428 g/mol. The SMILES string of the molecule is CC(C)CCc1ccc(Cl)cc1Cc1cccc(CNc2c(N)cnc3c2=CC=CCC=3)n1. The summed E-state index contributed by atoms with van der Waals surface area (Å²) in [6, 6.07) is 12.4. The van der Waals surface area contributed by atoms with E-state index in [1.54, 1.807) is 6.20 Å². The minimum atomic E-state index is 0.585. The third-order valence-electron chi connectivity index (χ3n) is 5.86. The molecule has 0 unspecified atom stereocenters.